The van der Waals surface area contributed by atoms with E-state index in [-0.39, 0.29) is 0 Å². The molecule has 0 aliphatic heterocycles. The maximum atomic E-state index is 11.2. The van der Waals surface area contributed by atoms with E-state index in [1.165, 1.54) is 24.8 Å². The van der Waals surface area contributed by atoms with E-state index < -0.39 is 6.03 Å². The summed E-state index contributed by atoms with van der Waals surface area (Å²) < 4.78 is 5.74. The molecule has 5 nitrogen and oxygen atoms in total. The Labute approximate surface area is 132 Å². The summed E-state index contributed by atoms with van der Waals surface area (Å²) in [7, 11) is 0. The molecule has 2 atom stereocenters. The van der Waals surface area contributed by atoms with E-state index >= 15 is 0 Å². The topological polar surface area (TPSA) is 76.4 Å². The Morgan fingerprint density at radius 1 is 1.41 bits per heavy atom. The fraction of sp³-hybridized carbons (Fsp3) is 0.588. The van der Waals surface area contributed by atoms with Gasteiger partial charge in [0.15, 0.2) is 0 Å². The lowest BCUT2D eigenvalue weighted by molar-refractivity contribution is 0.259. The molecule has 2 unspecified atom stereocenters. The molecule has 0 spiro atoms. The van der Waals surface area contributed by atoms with Gasteiger partial charge in [-0.2, -0.15) is 0 Å². The maximum Gasteiger partial charge on any atom is 0.316 e. The van der Waals surface area contributed by atoms with Gasteiger partial charge >= 0.3 is 6.03 Å². The normalized spacial score (nSPS) is 19.7. The van der Waals surface area contributed by atoms with Crippen LogP contribution in [0.4, 0.5) is 10.5 Å². The molecule has 1 aliphatic carbocycles. The van der Waals surface area contributed by atoms with Crippen molar-refractivity contribution < 1.29 is 9.53 Å². The number of likely N-dealkylation sites (N-methyl/N-ethyl adjacent to an activating group) is 1. The van der Waals surface area contributed by atoms with Crippen LogP contribution in [0.3, 0.4) is 0 Å². The van der Waals surface area contributed by atoms with Gasteiger partial charge in [-0.05, 0) is 42.5 Å². The van der Waals surface area contributed by atoms with Gasteiger partial charge in [0.2, 0.25) is 0 Å². The predicted molar refractivity (Wildman–Crippen MR) is 89.4 cm³/mol. The highest BCUT2D eigenvalue weighted by Gasteiger charge is 2.37. The van der Waals surface area contributed by atoms with E-state index in [4.69, 9.17) is 10.5 Å². The summed E-state index contributed by atoms with van der Waals surface area (Å²) in [5.74, 6) is 2.07. The molecule has 22 heavy (non-hydrogen) atoms. The van der Waals surface area contributed by atoms with Gasteiger partial charge in [0.1, 0.15) is 12.4 Å². The molecule has 1 aromatic rings. The largest absolute Gasteiger partial charge is 0.490 e. The molecule has 1 aliphatic rings. The van der Waals surface area contributed by atoms with Crippen molar-refractivity contribution in [1.82, 2.24) is 5.32 Å². The number of amides is 2. The Kier molecular flexibility index (Phi) is 6.07. The van der Waals surface area contributed by atoms with E-state index in [1.807, 2.05) is 12.1 Å². The standard InChI is InChI=1S/C17H27N3O2/c1-3-5-12-10-14(12)13-6-7-16(22-9-8-19-4-2)15(11-13)20-17(18)21/h6-7,11-12,14,19H,3-5,8-10H2,1-2H3,(H3,18,20,21). The Hall–Kier alpha value is -1.75. The van der Waals surface area contributed by atoms with Crippen LogP contribution in [0.1, 0.15) is 44.6 Å². The summed E-state index contributed by atoms with van der Waals surface area (Å²) in [6, 6.07) is 5.49. The Morgan fingerprint density at radius 2 is 2.23 bits per heavy atom. The van der Waals surface area contributed by atoms with Gasteiger partial charge in [0, 0.05) is 6.54 Å². The van der Waals surface area contributed by atoms with E-state index in [0.29, 0.717) is 24.0 Å². The number of benzene rings is 1. The van der Waals surface area contributed by atoms with Gasteiger partial charge in [0.25, 0.3) is 0 Å². The minimum atomic E-state index is -0.561. The molecular formula is C17H27N3O2. The molecule has 0 heterocycles. The number of carbonyl (C=O) groups is 1. The molecule has 122 valence electrons. The number of ether oxygens (including phenoxy) is 1. The van der Waals surface area contributed by atoms with E-state index in [1.54, 1.807) is 0 Å². The number of primary amides is 1. The van der Waals surface area contributed by atoms with Crippen molar-refractivity contribution in [2.45, 2.75) is 39.0 Å². The zero-order chi connectivity index (χ0) is 15.9. The highest BCUT2D eigenvalue weighted by Crippen LogP contribution is 2.51. The second kappa shape index (κ2) is 8.03. The maximum absolute atomic E-state index is 11.2. The average Bonchev–Trinajstić information content (AvgIpc) is 3.24. The molecule has 2 amide bonds. The van der Waals surface area contributed by atoms with E-state index in [2.05, 4.69) is 30.5 Å². The monoisotopic (exact) mass is 305 g/mol. The minimum absolute atomic E-state index is 0.558. The molecule has 0 radical (unpaired) electrons. The Bertz CT molecular complexity index is 505. The van der Waals surface area contributed by atoms with Crippen molar-refractivity contribution in [2.75, 3.05) is 25.0 Å². The van der Waals surface area contributed by atoms with Crippen LogP contribution in [0.5, 0.6) is 5.75 Å². The van der Waals surface area contributed by atoms with Gasteiger partial charge in [-0.1, -0.05) is 32.8 Å². The van der Waals surface area contributed by atoms with Crippen LogP contribution in [-0.2, 0) is 0 Å². The summed E-state index contributed by atoms with van der Waals surface area (Å²) in [5.41, 5.74) is 7.20. The summed E-state index contributed by atoms with van der Waals surface area (Å²) in [6.45, 7) is 6.52. The molecule has 0 saturated heterocycles. The lowest BCUT2D eigenvalue weighted by Gasteiger charge is -2.13. The number of nitrogens with one attached hydrogen (secondary N) is 2. The molecule has 4 N–H and O–H groups in total. The fourth-order valence-corrected chi connectivity index (χ4v) is 2.89. The SMILES string of the molecule is CCCC1CC1c1ccc(OCCNCC)c(NC(N)=O)c1. The zero-order valence-corrected chi connectivity index (χ0v) is 13.5. The second-order valence-corrected chi connectivity index (χ2v) is 5.84. The van der Waals surface area contributed by atoms with Crippen molar-refractivity contribution in [1.29, 1.82) is 0 Å². The number of carbonyl (C=O) groups excluding carboxylic acids is 1. The minimum Gasteiger partial charge on any atom is -0.490 e. The molecule has 0 aromatic heterocycles. The van der Waals surface area contributed by atoms with Gasteiger partial charge in [0.05, 0.1) is 5.69 Å². The van der Waals surface area contributed by atoms with Gasteiger partial charge < -0.3 is 21.1 Å². The molecule has 1 aromatic carbocycles. The van der Waals surface area contributed by atoms with E-state index in [0.717, 1.165) is 19.0 Å². The van der Waals surface area contributed by atoms with Crippen molar-refractivity contribution >= 4 is 11.7 Å². The quantitative estimate of drug-likeness (QED) is 0.614. The summed E-state index contributed by atoms with van der Waals surface area (Å²) >= 11 is 0. The van der Waals surface area contributed by atoms with Crippen LogP contribution in [-0.4, -0.2) is 25.7 Å². The highest BCUT2D eigenvalue weighted by atomic mass is 16.5. The fourth-order valence-electron chi connectivity index (χ4n) is 2.89. The number of urea groups is 1. The molecule has 2 rings (SSSR count). The molecule has 1 fully saturated rings. The van der Waals surface area contributed by atoms with E-state index in [9.17, 15) is 4.79 Å². The summed E-state index contributed by atoms with van der Waals surface area (Å²) in [6.07, 6.45) is 3.73. The van der Waals surface area contributed by atoms with Crippen LogP contribution in [0.2, 0.25) is 0 Å². The first kappa shape index (κ1) is 16.6. The third kappa shape index (κ3) is 4.63. The number of rotatable bonds is 9. The highest BCUT2D eigenvalue weighted by molar-refractivity contribution is 5.89. The zero-order valence-electron chi connectivity index (χ0n) is 13.5. The van der Waals surface area contributed by atoms with Crippen molar-refractivity contribution in [3.63, 3.8) is 0 Å². The van der Waals surface area contributed by atoms with Crippen LogP contribution < -0.4 is 21.1 Å². The smallest absolute Gasteiger partial charge is 0.316 e. The molecular weight excluding hydrogens is 278 g/mol. The second-order valence-electron chi connectivity index (χ2n) is 5.84. The summed E-state index contributed by atoms with van der Waals surface area (Å²) in [5, 5.41) is 5.88. The Balaban J connectivity index is 2.04. The van der Waals surface area contributed by atoms with Crippen LogP contribution in [0.15, 0.2) is 18.2 Å². The molecule has 1 saturated carbocycles. The first-order valence-electron chi connectivity index (χ1n) is 8.19. The van der Waals surface area contributed by atoms with Crippen LogP contribution in [0.25, 0.3) is 0 Å². The van der Waals surface area contributed by atoms with Crippen molar-refractivity contribution in [2.24, 2.45) is 11.7 Å². The van der Waals surface area contributed by atoms with Gasteiger partial charge in [-0.15, -0.1) is 0 Å². The Morgan fingerprint density at radius 3 is 2.91 bits per heavy atom. The van der Waals surface area contributed by atoms with Gasteiger partial charge in [-0.3, -0.25) is 0 Å². The van der Waals surface area contributed by atoms with Crippen LogP contribution in [0, 0.1) is 5.92 Å². The molecule has 0 bridgehead atoms. The summed E-state index contributed by atoms with van der Waals surface area (Å²) in [4.78, 5) is 11.2. The number of anilines is 1. The average molecular weight is 305 g/mol. The molecule has 5 heteroatoms. The number of hydrogen-bond acceptors (Lipinski definition) is 3. The van der Waals surface area contributed by atoms with Crippen LogP contribution >= 0.6 is 0 Å². The van der Waals surface area contributed by atoms with Crippen molar-refractivity contribution in [3.8, 4) is 5.75 Å². The lowest BCUT2D eigenvalue weighted by Crippen LogP contribution is -2.22. The third-order valence-corrected chi connectivity index (χ3v) is 4.06. The number of nitrogens with two attached hydrogens (primary N) is 1. The first-order chi connectivity index (χ1) is 10.7. The lowest BCUT2D eigenvalue weighted by atomic mass is 10.1. The number of hydrogen-bond donors (Lipinski definition) is 3. The van der Waals surface area contributed by atoms with Gasteiger partial charge in [-0.25, -0.2) is 4.79 Å². The third-order valence-electron chi connectivity index (χ3n) is 4.06. The first-order valence-corrected chi connectivity index (χ1v) is 8.19. The predicted octanol–water partition coefficient (Wildman–Crippen LogP) is 3.07. The van der Waals surface area contributed by atoms with Crippen molar-refractivity contribution in [3.05, 3.63) is 23.8 Å².